The Morgan fingerprint density at radius 3 is 2.82 bits per heavy atom. The van der Waals surface area contributed by atoms with E-state index in [2.05, 4.69) is 20.3 Å². The number of hydrogen-bond acceptors (Lipinski definition) is 5. The van der Waals surface area contributed by atoms with E-state index in [9.17, 15) is 4.21 Å². The molecule has 1 N–H and O–H groups in total. The summed E-state index contributed by atoms with van der Waals surface area (Å²) in [6.07, 6.45) is 4.89. The van der Waals surface area contributed by atoms with Crippen LogP contribution in [0.1, 0.15) is 5.56 Å². The molecule has 7 heteroatoms. The van der Waals surface area contributed by atoms with Gasteiger partial charge in [0.1, 0.15) is 11.3 Å². The zero-order chi connectivity index (χ0) is 15.5. The van der Waals surface area contributed by atoms with Gasteiger partial charge >= 0.3 is 0 Å². The van der Waals surface area contributed by atoms with Crippen LogP contribution >= 0.6 is 11.6 Å². The van der Waals surface area contributed by atoms with E-state index in [0.29, 0.717) is 22.2 Å². The SMILES string of the molecule is CS(=O)Cc1cc(Nc2ccc3nccnc3n2)ccc1Cl. The summed E-state index contributed by atoms with van der Waals surface area (Å²) in [7, 11) is -0.946. The summed E-state index contributed by atoms with van der Waals surface area (Å²) in [5.41, 5.74) is 3.00. The van der Waals surface area contributed by atoms with Crippen molar-refractivity contribution in [1.82, 2.24) is 15.0 Å². The van der Waals surface area contributed by atoms with Crippen molar-refractivity contribution in [2.75, 3.05) is 11.6 Å². The molecule has 0 saturated heterocycles. The van der Waals surface area contributed by atoms with Crippen LogP contribution < -0.4 is 5.32 Å². The van der Waals surface area contributed by atoms with Crippen molar-refractivity contribution in [2.45, 2.75) is 5.75 Å². The molecule has 0 saturated carbocycles. The Hall–Kier alpha value is -2.05. The van der Waals surface area contributed by atoms with Gasteiger partial charge in [0, 0.05) is 45.9 Å². The third kappa shape index (κ3) is 3.40. The number of nitrogens with zero attached hydrogens (tertiary/aromatic N) is 3. The van der Waals surface area contributed by atoms with E-state index in [4.69, 9.17) is 11.6 Å². The molecule has 0 fully saturated rings. The van der Waals surface area contributed by atoms with Crippen LogP contribution in [-0.2, 0) is 16.6 Å². The number of aromatic nitrogens is 3. The van der Waals surface area contributed by atoms with Crippen LogP contribution in [0, 0.1) is 0 Å². The summed E-state index contributed by atoms with van der Waals surface area (Å²) in [5.74, 6) is 1.09. The Morgan fingerprint density at radius 2 is 2.00 bits per heavy atom. The summed E-state index contributed by atoms with van der Waals surface area (Å²) in [6.45, 7) is 0. The first kappa shape index (κ1) is 14.9. The van der Waals surface area contributed by atoms with Crippen molar-refractivity contribution in [1.29, 1.82) is 0 Å². The van der Waals surface area contributed by atoms with E-state index in [0.717, 1.165) is 16.8 Å². The van der Waals surface area contributed by atoms with Crippen molar-refractivity contribution < 1.29 is 4.21 Å². The molecule has 3 aromatic rings. The second-order valence-corrected chi connectivity index (χ2v) is 6.59. The standard InChI is InChI=1S/C15H13ClN4OS/c1-22(21)9-10-8-11(2-3-12(10)16)19-14-5-4-13-15(20-14)18-7-6-17-13/h2-8H,9H2,1H3,(H,18,19,20). The van der Waals surface area contributed by atoms with Crippen molar-refractivity contribution in [3.63, 3.8) is 0 Å². The summed E-state index contributed by atoms with van der Waals surface area (Å²) in [5, 5.41) is 3.81. The first-order chi connectivity index (χ1) is 10.6. The maximum Gasteiger partial charge on any atom is 0.180 e. The number of anilines is 2. The predicted molar refractivity (Wildman–Crippen MR) is 89.8 cm³/mol. The third-order valence-electron chi connectivity index (χ3n) is 3.01. The van der Waals surface area contributed by atoms with Crippen LogP contribution in [-0.4, -0.2) is 25.4 Å². The smallest absolute Gasteiger partial charge is 0.180 e. The first-order valence-corrected chi connectivity index (χ1v) is 8.65. The molecule has 0 amide bonds. The second kappa shape index (κ2) is 6.37. The van der Waals surface area contributed by atoms with Gasteiger partial charge in [-0.2, -0.15) is 0 Å². The lowest BCUT2D eigenvalue weighted by atomic mass is 10.2. The Bertz CT molecular complexity index is 856. The highest BCUT2D eigenvalue weighted by Crippen LogP contribution is 2.24. The van der Waals surface area contributed by atoms with E-state index >= 15 is 0 Å². The maximum absolute atomic E-state index is 11.4. The highest BCUT2D eigenvalue weighted by molar-refractivity contribution is 7.83. The fourth-order valence-corrected chi connectivity index (χ4v) is 2.99. The molecule has 0 aliphatic rings. The fourth-order valence-electron chi connectivity index (χ4n) is 2.05. The molecule has 0 aliphatic heterocycles. The van der Waals surface area contributed by atoms with E-state index in [-0.39, 0.29) is 0 Å². The highest BCUT2D eigenvalue weighted by atomic mass is 35.5. The zero-order valence-corrected chi connectivity index (χ0v) is 13.4. The molecule has 0 bridgehead atoms. The third-order valence-corrected chi connectivity index (χ3v) is 4.09. The Labute approximate surface area is 135 Å². The number of fused-ring (bicyclic) bond motifs is 1. The van der Waals surface area contributed by atoms with Crippen molar-refractivity contribution in [2.24, 2.45) is 0 Å². The number of nitrogens with one attached hydrogen (secondary N) is 1. The average Bonchev–Trinajstić information content (AvgIpc) is 2.50. The Balaban J connectivity index is 1.89. The molecule has 22 heavy (non-hydrogen) atoms. The fraction of sp³-hybridized carbons (Fsp3) is 0.133. The first-order valence-electron chi connectivity index (χ1n) is 6.55. The van der Waals surface area contributed by atoms with Crippen LogP contribution in [0.25, 0.3) is 11.2 Å². The molecule has 1 atom stereocenters. The van der Waals surface area contributed by atoms with E-state index in [1.54, 1.807) is 24.7 Å². The van der Waals surface area contributed by atoms with Gasteiger partial charge in [0.2, 0.25) is 0 Å². The average molecular weight is 333 g/mol. The van der Waals surface area contributed by atoms with Gasteiger partial charge in [-0.1, -0.05) is 11.6 Å². The molecule has 1 unspecified atom stereocenters. The van der Waals surface area contributed by atoms with Crippen LogP contribution in [0.2, 0.25) is 5.02 Å². The van der Waals surface area contributed by atoms with Crippen LogP contribution in [0.3, 0.4) is 0 Å². The van der Waals surface area contributed by atoms with Gasteiger partial charge in [0.15, 0.2) is 5.65 Å². The summed E-state index contributed by atoms with van der Waals surface area (Å²) in [4.78, 5) is 12.8. The van der Waals surface area contributed by atoms with Crippen molar-refractivity contribution in [3.8, 4) is 0 Å². The topological polar surface area (TPSA) is 67.8 Å². The van der Waals surface area contributed by atoms with E-state index in [1.807, 2.05) is 24.3 Å². The van der Waals surface area contributed by atoms with Gasteiger partial charge in [-0.05, 0) is 35.9 Å². The van der Waals surface area contributed by atoms with E-state index < -0.39 is 10.8 Å². The molecule has 0 aliphatic carbocycles. The predicted octanol–water partition coefficient (Wildman–Crippen LogP) is 3.30. The molecule has 112 valence electrons. The number of hydrogen-bond donors (Lipinski definition) is 1. The van der Waals surface area contributed by atoms with Gasteiger partial charge in [-0.15, -0.1) is 0 Å². The summed E-state index contributed by atoms with van der Waals surface area (Å²) < 4.78 is 11.4. The monoisotopic (exact) mass is 332 g/mol. The van der Waals surface area contributed by atoms with Crippen molar-refractivity contribution >= 4 is 45.1 Å². The lowest BCUT2D eigenvalue weighted by Gasteiger charge is -2.09. The molecular formula is C15H13ClN4OS. The number of benzene rings is 1. The van der Waals surface area contributed by atoms with Gasteiger partial charge in [0.25, 0.3) is 0 Å². The zero-order valence-electron chi connectivity index (χ0n) is 11.8. The molecule has 0 radical (unpaired) electrons. The maximum atomic E-state index is 11.4. The molecule has 0 spiro atoms. The minimum absolute atomic E-state index is 0.422. The number of rotatable bonds is 4. The van der Waals surface area contributed by atoms with Gasteiger partial charge < -0.3 is 5.32 Å². The molecule has 2 heterocycles. The lowest BCUT2D eigenvalue weighted by molar-refractivity contribution is 0.686. The quantitative estimate of drug-likeness (QED) is 0.794. The normalized spacial score (nSPS) is 12.3. The molecule has 3 rings (SSSR count). The van der Waals surface area contributed by atoms with Crippen molar-refractivity contribution in [3.05, 3.63) is 53.3 Å². The largest absolute Gasteiger partial charge is 0.340 e. The number of pyridine rings is 1. The second-order valence-electron chi connectivity index (χ2n) is 4.74. The molecular weight excluding hydrogens is 320 g/mol. The highest BCUT2D eigenvalue weighted by Gasteiger charge is 2.06. The molecule has 2 aromatic heterocycles. The van der Waals surface area contributed by atoms with Gasteiger partial charge in [0.05, 0.1) is 0 Å². The minimum Gasteiger partial charge on any atom is -0.340 e. The number of halogens is 1. The van der Waals surface area contributed by atoms with E-state index in [1.165, 1.54) is 0 Å². The molecule has 1 aromatic carbocycles. The van der Waals surface area contributed by atoms with Crippen LogP contribution in [0.15, 0.2) is 42.7 Å². The Kier molecular flexibility index (Phi) is 4.31. The molecule has 5 nitrogen and oxygen atoms in total. The van der Waals surface area contributed by atoms with Crippen LogP contribution in [0.4, 0.5) is 11.5 Å². The lowest BCUT2D eigenvalue weighted by Crippen LogP contribution is -1.98. The minimum atomic E-state index is -0.946. The van der Waals surface area contributed by atoms with Gasteiger partial charge in [-0.25, -0.2) is 9.97 Å². The summed E-state index contributed by atoms with van der Waals surface area (Å²) >= 11 is 6.13. The van der Waals surface area contributed by atoms with Gasteiger partial charge in [-0.3, -0.25) is 9.19 Å². The Morgan fingerprint density at radius 1 is 1.18 bits per heavy atom. The summed E-state index contributed by atoms with van der Waals surface area (Å²) in [6, 6.07) is 9.21. The van der Waals surface area contributed by atoms with Crippen LogP contribution in [0.5, 0.6) is 0 Å².